The summed E-state index contributed by atoms with van der Waals surface area (Å²) in [5.74, 6) is 1.26. The number of rotatable bonds is 6. The van der Waals surface area contributed by atoms with E-state index in [4.69, 9.17) is 4.74 Å². The summed E-state index contributed by atoms with van der Waals surface area (Å²) in [5, 5.41) is -0.205. The average Bonchev–Trinajstić information content (AvgIpc) is 2.36. The van der Waals surface area contributed by atoms with Crippen molar-refractivity contribution in [1.82, 2.24) is 0 Å². The number of hydrogen-bond donors (Lipinski definition) is 0. The van der Waals surface area contributed by atoms with Gasteiger partial charge < -0.3 is 9.64 Å². The average molecular weight is 281 g/mol. The van der Waals surface area contributed by atoms with Gasteiger partial charge in [0.15, 0.2) is 0 Å². The van der Waals surface area contributed by atoms with Crippen LogP contribution in [0.15, 0.2) is 24.3 Å². The summed E-state index contributed by atoms with van der Waals surface area (Å²) in [6.07, 6.45) is 0. The van der Waals surface area contributed by atoms with E-state index in [0.717, 1.165) is 6.54 Å². The molecule has 0 aromatic heterocycles. The fourth-order valence-electron chi connectivity index (χ4n) is 1.95. The van der Waals surface area contributed by atoms with Crippen LogP contribution in [0.1, 0.15) is 26.3 Å². The van der Waals surface area contributed by atoms with Crippen LogP contribution in [0.25, 0.3) is 0 Å². The van der Waals surface area contributed by atoms with Gasteiger partial charge in [-0.1, -0.05) is 32.0 Å². The van der Waals surface area contributed by atoms with Crippen LogP contribution >= 0.6 is 11.8 Å². The molecule has 106 valence electrons. The van der Waals surface area contributed by atoms with Gasteiger partial charge >= 0.3 is 5.30 Å². The molecule has 0 saturated carbocycles. The summed E-state index contributed by atoms with van der Waals surface area (Å²) in [7, 11) is 2.09. The van der Waals surface area contributed by atoms with Crippen LogP contribution in [-0.4, -0.2) is 25.5 Å². The first-order valence-corrected chi connectivity index (χ1v) is 7.61. The lowest BCUT2D eigenvalue weighted by Crippen LogP contribution is -2.23. The molecule has 0 atom stereocenters. The molecule has 0 saturated heterocycles. The number of thioether (sulfide) groups is 1. The summed E-state index contributed by atoms with van der Waals surface area (Å²) in [5.41, 5.74) is 2.36. The molecular weight excluding hydrogens is 258 g/mol. The molecule has 0 spiro atoms. The summed E-state index contributed by atoms with van der Waals surface area (Å²) < 4.78 is 4.94. The maximum absolute atomic E-state index is 11.4. The zero-order valence-corrected chi connectivity index (χ0v) is 13.0. The highest BCUT2D eigenvalue weighted by Gasteiger charge is 2.10. The number of anilines is 1. The third kappa shape index (κ3) is 5.55. The van der Waals surface area contributed by atoms with Crippen molar-refractivity contribution in [1.29, 1.82) is 0 Å². The quantitative estimate of drug-likeness (QED) is 0.732. The van der Waals surface area contributed by atoms with Crippen LogP contribution in [0.3, 0.4) is 0 Å². The highest BCUT2D eigenvalue weighted by atomic mass is 32.2. The second-order valence-corrected chi connectivity index (χ2v) is 5.79. The Morgan fingerprint density at radius 2 is 2.05 bits per heavy atom. The Morgan fingerprint density at radius 3 is 2.68 bits per heavy atom. The molecule has 19 heavy (non-hydrogen) atoms. The summed E-state index contributed by atoms with van der Waals surface area (Å²) in [4.78, 5) is 13.6. The van der Waals surface area contributed by atoms with Gasteiger partial charge in [-0.25, -0.2) is 4.79 Å². The second kappa shape index (κ2) is 8.10. The molecule has 0 bridgehead atoms. The molecule has 0 N–H and O–H groups in total. The lowest BCUT2D eigenvalue weighted by Gasteiger charge is -2.24. The minimum Gasteiger partial charge on any atom is -0.458 e. The third-order valence-corrected chi connectivity index (χ3v) is 3.46. The van der Waals surface area contributed by atoms with Crippen molar-refractivity contribution < 1.29 is 9.53 Å². The number of benzene rings is 1. The predicted molar refractivity (Wildman–Crippen MR) is 82.9 cm³/mol. The number of para-hydroxylation sites is 1. The predicted octanol–water partition coefficient (Wildman–Crippen LogP) is 4.17. The zero-order chi connectivity index (χ0) is 14.3. The minimum absolute atomic E-state index is 0.205. The van der Waals surface area contributed by atoms with Crippen LogP contribution in [0, 0.1) is 5.92 Å². The van der Waals surface area contributed by atoms with Gasteiger partial charge in [0.1, 0.15) is 0 Å². The Kier molecular flexibility index (Phi) is 6.78. The summed E-state index contributed by atoms with van der Waals surface area (Å²) in [6.45, 7) is 7.66. The molecule has 0 heterocycles. The summed E-state index contributed by atoms with van der Waals surface area (Å²) >= 11 is 1.22. The first kappa shape index (κ1) is 15.9. The molecule has 4 heteroatoms. The van der Waals surface area contributed by atoms with Crippen molar-refractivity contribution in [3.05, 3.63) is 29.8 Å². The van der Waals surface area contributed by atoms with Crippen LogP contribution in [-0.2, 0) is 10.5 Å². The molecule has 0 unspecified atom stereocenters. The normalized spacial score (nSPS) is 10.6. The molecule has 0 radical (unpaired) electrons. The monoisotopic (exact) mass is 281 g/mol. The SMILES string of the molecule is CCOC(=O)SCc1ccccc1N(C)CC(C)C. The Morgan fingerprint density at radius 1 is 1.37 bits per heavy atom. The maximum atomic E-state index is 11.4. The van der Waals surface area contributed by atoms with Crippen LogP contribution in [0.2, 0.25) is 0 Å². The van der Waals surface area contributed by atoms with Crippen molar-refractivity contribution in [2.45, 2.75) is 26.5 Å². The first-order valence-electron chi connectivity index (χ1n) is 6.63. The molecule has 3 nitrogen and oxygen atoms in total. The summed E-state index contributed by atoms with van der Waals surface area (Å²) in [6, 6.07) is 8.21. The number of nitrogens with zero attached hydrogens (tertiary/aromatic N) is 1. The fourth-order valence-corrected chi connectivity index (χ4v) is 2.67. The van der Waals surface area contributed by atoms with Gasteiger partial charge in [0, 0.05) is 25.0 Å². The highest BCUT2D eigenvalue weighted by molar-refractivity contribution is 8.12. The van der Waals surface area contributed by atoms with Gasteiger partial charge in [0.05, 0.1) is 6.61 Å². The Balaban J connectivity index is 2.70. The van der Waals surface area contributed by atoms with Gasteiger partial charge in [0.2, 0.25) is 0 Å². The smallest absolute Gasteiger partial charge is 0.367 e. The van der Waals surface area contributed by atoms with Gasteiger partial charge in [0.25, 0.3) is 0 Å². The molecule has 0 fully saturated rings. The topological polar surface area (TPSA) is 29.5 Å². The van der Waals surface area contributed by atoms with Crippen molar-refractivity contribution in [3.63, 3.8) is 0 Å². The number of carbonyl (C=O) groups is 1. The first-order chi connectivity index (χ1) is 9.04. The Hall–Kier alpha value is -1.16. The Bertz CT molecular complexity index is 407. The van der Waals surface area contributed by atoms with Crippen LogP contribution < -0.4 is 4.90 Å². The lowest BCUT2D eigenvalue weighted by molar-refractivity contribution is 0.181. The van der Waals surface area contributed by atoms with E-state index < -0.39 is 0 Å². The van der Waals surface area contributed by atoms with Crippen molar-refractivity contribution in [3.8, 4) is 0 Å². The molecule has 0 amide bonds. The molecule has 0 aliphatic carbocycles. The molecule has 0 aliphatic rings. The molecule has 1 rings (SSSR count). The van der Waals surface area contributed by atoms with Crippen molar-refractivity contribution in [2.24, 2.45) is 5.92 Å². The van der Waals surface area contributed by atoms with E-state index in [-0.39, 0.29) is 5.30 Å². The molecule has 1 aromatic carbocycles. The van der Waals surface area contributed by atoms with Crippen molar-refractivity contribution >= 4 is 22.8 Å². The minimum atomic E-state index is -0.205. The van der Waals surface area contributed by atoms with Crippen LogP contribution in [0.4, 0.5) is 10.5 Å². The number of hydrogen-bond acceptors (Lipinski definition) is 4. The standard InChI is InChI=1S/C15H23NO2S/c1-5-18-15(17)19-11-13-8-6-7-9-14(13)16(4)10-12(2)3/h6-9,12H,5,10-11H2,1-4H3. The maximum Gasteiger partial charge on any atom is 0.367 e. The molecule has 1 aromatic rings. The number of carbonyl (C=O) groups excluding carboxylic acids is 1. The van der Waals surface area contributed by atoms with Gasteiger partial charge in [-0.05, 0) is 36.2 Å². The van der Waals surface area contributed by atoms with Crippen molar-refractivity contribution in [2.75, 3.05) is 25.1 Å². The van der Waals surface area contributed by atoms with E-state index in [9.17, 15) is 4.79 Å². The van der Waals surface area contributed by atoms with E-state index in [1.807, 2.05) is 19.1 Å². The van der Waals surface area contributed by atoms with E-state index in [1.54, 1.807) is 0 Å². The van der Waals surface area contributed by atoms with E-state index >= 15 is 0 Å². The highest BCUT2D eigenvalue weighted by Crippen LogP contribution is 2.25. The second-order valence-electron chi connectivity index (χ2n) is 4.87. The number of ether oxygens (including phenoxy) is 1. The fraction of sp³-hybridized carbons (Fsp3) is 0.533. The third-order valence-electron chi connectivity index (χ3n) is 2.65. The van der Waals surface area contributed by atoms with Gasteiger partial charge in [-0.15, -0.1) is 0 Å². The van der Waals surface area contributed by atoms with Gasteiger partial charge in [-0.3, -0.25) is 0 Å². The largest absolute Gasteiger partial charge is 0.458 e. The molecular formula is C15H23NO2S. The zero-order valence-electron chi connectivity index (χ0n) is 12.2. The van der Waals surface area contributed by atoms with E-state index in [2.05, 4.69) is 37.9 Å². The van der Waals surface area contributed by atoms with E-state index in [1.165, 1.54) is 23.0 Å². The van der Waals surface area contributed by atoms with E-state index in [0.29, 0.717) is 18.3 Å². The van der Waals surface area contributed by atoms with Crippen LogP contribution in [0.5, 0.6) is 0 Å². The molecule has 0 aliphatic heterocycles. The Labute approximate surface area is 120 Å². The lowest BCUT2D eigenvalue weighted by atomic mass is 10.1. The van der Waals surface area contributed by atoms with Gasteiger partial charge in [-0.2, -0.15) is 0 Å².